The summed E-state index contributed by atoms with van der Waals surface area (Å²) in [5.41, 5.74) is 6.08. The zero-order valence-electron chi connectivity index (χ0n) is 35.7. The van der Waals surface area contributed by atoms with E-state index < -0.39 is 11.2 Å². The Balaban J connectivity index is 0.000000327. The minimum atomic E-state index is -0.531. The molecule has 1 saturated heterocycles. The number of nitrogens with one attached hydrogen (secondary N) is 2. The third kappa shape index (κ3) is 11.6. The molecular formula is C47H59F2N7O4. The van der Waals surface area contributed by atoms with Crippen molar-refractivity contribution in [3.63, 3.8) is 0 Å². The zero-order chi connectivity index (χ0) is 43.8. The van der Waals surface area contributed by atoms with E-state index in [0.29, 0.717) is 41.1 Å². The molecule has 3 heterocycles. The van der Waals surface area contributed by atoms with Crippen LogP contribution in [0.25, 0.3) is 11.0 Å². The summed E-state index contributed by atoms with van der Waals surface area (Å²) in [5.74, 6) is 0.438. The lowest BCUT2D eigenvalue weighted by Gasteiger charge is -2.32. The van der Waals surface area contributed by atoms with Crippen LogP contribution in [0.4, 0.5) is 20.2 Å². The topological polar surface area (TPSA) is 145 Å². The molecular weight excluding hydrogens is 765 g/mol. The van der Waals surface area contributed by atoms with E-state index in [1.54, 1.807) is 18.2 Å². The molecule has 1 unspecified atom stereocenters. The molecule has 2 fully saturated rings. The van der Waals surface area contributed by atoms with E-state index in [2.05, 4.69) is 70.8 Å². The highest BCUT2D eigenvalue weighted by Crippen LogP contribution is 2.56. The lowest BCUT2D eigenvalue weighted by Crippen LogP contribution is -2.34. The number of aliphatic imine (C=N–C) groups is 1. The molecule has 11 nitrogen and oxygen atoms in total. The molecule has 1 spiro atoms. The van der Waals surface area contributed by atoms with Gasteiger partial charge in [-0.1, -0.05) is 45.1 Å². The van der Waals surface area contributed by atoms with E-state index in [-0.39, 0.29) is 23.5 Å². The molecule has 3 aromatic carbocycles. The Hall–Kier alpha value is -5.55. The Morgan fingerprint density at radius 2 is 1.88 bits per heavy atom. The van der Waals surface area contributed by atoms with Gasteiger partial charge in [0.2, 0.25) is 12.3 Å². The molecule has 2 amide bonds. The number of nitriles is 1. The molecule has 1 aliphatic carbocycles. The van der Waals surface area contributed by atoms with E-state index in [9.17, 15) is 18.4 Å². The fraction of sp³-hybridized carbons (Fsp3) is 0.426. The second-order valence-corrected chi connectivity index (χ2v) is 14.8. The number of carbonyl (C=O) groups excluding carboxylic acids is 2. The lowest BCUT2D eigenvalue weighted by molar-refractivity contribution is -0.117. The van der Waals surface area contributed by atoms with Gasteiger partial charge in [-0.25, -0.2) is 13.8 Å². The lowest BCUT2D eigenvalue weighted by atomic mass is 9.93. The third-order valence-corrected chi connectivity index (χ3v) is 10.8. The van der Waals surface area contributed by atoms with Gasteiger partial charge in [-0.15, -0.1) is 0 Å². The van der Waals surface area contributed by atoms with Crippen molar-refractivity contribution in [2.45, 2.75) is 97.8 Å². The van der Waals surface area contributed by atoms with Gasteiger partial charge in [0.15, 0.2) is 0 Å². The second-order valence-electron chi connectivity index (χ2n) is 14.8. The highest BCUT2D eigenvalue weighted by molar-refractivity contribution is 6.09. The van der Waals surface area contributed by atoms with Crippen molar-refractivity contribution < 1.29 is 28.2 Å². The van der Waals surface area contributed by atoms with E-state index in [0.717, 1.165) is 94.6 Å². The molecule has 320 valence electrons. The number of aliphatic hydroxyl groups excluding tert-OH is 1. The first-order chi connectivity index (χ1) is 29.1. The van der Waals surface area contributed by atoms with Crippen LogP contribution >= 0.6 is 0 Å². The van der Waals surface area contributed by atoms with Crippen LogP contribution in [0.1, 0.15) is 87.9 Å². The first-order valence-corrected chi connectivity index (χ1v) is 20.7. The maximum Gasteiger partial charge on any atom is 0.235 e. The monoisotopic (exact) mass is 823 g/mol. The Morgan fingerprint density at radius 1 is 1.15 bits per heavy atom. The zero-order valence-corrected chi connectivity index (χ0v) is 35.7. The Morgan fingerprint density at radius 3 is 2.52 bits per heavy atom. The normalized spacial score (nSPS) is 16.0. The molecule has 0 bridgehead atoms. The number of benzene rings is 3. The van der Waals surface area contributed by atoms with E-state index in [1.807, 2.05) is 38.1 Å². The number of hydrogen-bond acceptors (Lipinski definition) is 8. The number of carbonyl (C=O) groups is 2. The van der Waals surface area contributed by atoms with Crippen LogP contribution in [0.2, 0.25) is 0 Å². The van der Waals surface area contributed by atoms with Gasteiger partial charge in [0.1, 0.15) is 17.5 Å². The number of fused-ring (bicyclic) bond motifs is 3. The minimum absolute atomic E-state index is 0.121. The summed E-state index contributed by atoms with van der Waals surface area (Å²) in [6.45, 7) is 18.5. The molecule has 1 saturated carbocycles. The maximum absolute atomic E-state index is 14.1. The summed E-state index contributed by atoms with van der Waals surface area (Å²) in [6, 6.07) is 15.9. The molecule has 3 aliphatic rings. The summed E-state index contributed by atoms with van der Waals surface area (Å²) in [4.78, 5) is 33.8. The summed E-state index contributed by atoms with van der Waals surface area (Å²) in [5, 5.41) is 20.9. The molecule has 60 heavy (non-hydrogen) atoms. The second kappa shape index (κ2) is 22.7. The number of imidazole rings is 1. The predicted octanol–water partition coefficient (Wildman–Crippen LogP) is 8.78. The number of aromatic nitrogens is 2. The Kier molecular flexibility index (Phi) is 17.8. The number of amides is 2. The summed E-state index contributed by atoms with van der Waals surface area (Å²) in [7, 11) is 1.00. The first-order valence-electron chi connectivity index (χ1n) is 20.7. The van der Waals surface area contributed by atoms with Crippen molar-refractivity contribution in [1.82, 2.24) is 14.5 Å². The number of anilines is 2. The van der Waals surface area contributed by atoms with Gasteiger partial charge in [-0.05, 0) is 131 Å². The largest absolute Gasteiger partial charge is 0.400 e. The fourth-order valence-corrected chi connectivity index (χ4v) is 7.53. The average Bonchev–Trinajstić information content (AvgIpc) is 3.95. The van der Waals surface area contributed by atoms with E-state index >= 15 is 0 Å². The summed E-state index contributed by atoms with van der Waals surface area (Å²) in [6.07, 6.45) is 11.4. The number of aliphatic hydroxyl groups is 1. The quantitative estimate of drug-likeness (QED) is 0.0655. The molecule has 0 radical (unpaired) electrons. The SMILES string of the molecule is C=N/C(=C\C=C/Cc1ccc(C#N)cc1F)C1CCN(Cc2nc3cc(C)ccc3n2CC(C)OCCC)CC1.CC.CO.O=CNc1cc(F)c2c(c1)C1(CC1)C(=O)N2. The number of halogens is 2. The standard InChI is InChI=1S/C33H40FN5O.C11H9FN2O2.C2H6.CH4O/c1-5-18-40-25(3)22-39-32-13-10-24(2)19-31(32)37-33(39)23-38-16-14-28(15-17-38)30(36-4)9-7-6-8-27-12-11-26(21-35)20-29(27)34;12-8-4-6(13-5-15)3-7-9(8)14-10(16)11(7)1-2-11;2*1-2/h6-7,9-13,19-20,25,28H,4-5,8,14-18,22-23H2,1-3H3;3-5H,1-2H2,(H,13,15)(H,14,16);1-2H3;2H,1H3/b7-6-,30-9-;;;. The number of nitrogens with zero attached hydrogens (tertiary/aromatic N) is 5. The highest BCUT2D eigenvalue weighted by atomic mass is 19.1. The third-order valence-electron chi connectivity index (χ3n) is 10.8. The number of ether oxygens (including phenoxy) is 1. The van der Waals surface area contributed by atoms with Crippen LogP contribution in [0.15, 0.2) is 77.4 Å². The number of piperidine rings is 1. The molecule has 1 aromatic heterocycles. The van der Waals surface area contributed by atoms with Gasteiger partial charge >= 0.3 is 0 Å². The maximum atomic E-state index is 14.1. The van der Waals surface area contributed by atoms with Gasteiger partial charge in [0.05, 0.1) is 53.0 Å². The van der Waals surface area contributed by atoms with Crippen LogP contribution < -0.4 is 10.6 Å². The number of allylic oxidation sites excluding steroid dienone is 4. The molecule has 13 heteroatoms. The van der Waals surface area contributed by atoms with Crippen molar-refractivity contribution >= 4 is 41.4 Å². The van der Waals surface area contributed by atoms with E-state index in [1.165, 1.54) is 17.7 Å². The molecule has 1 atom stereocenters. The van der Waals surface area contributed by atoms with Gasteiger partial charge in [0, 0.05) is 31.0 Å². The molecule has 3 N–H and O–H groups in total. The summed E-state index contributed by atoms with van der Waals surface area (Å²) >= 11 is 0. The minimum Gasteiger partial charge on any atom is -0.400 e. The first kappa shape index (κ1) is 47.1. The highest BCUT2D eigenvalue weighted by Gasteiger charge is 2.57. The molecule has 2 aliphatic heterocycles. The van der Waals surface area contributed by atoms with Gasteiger partial charge in [-0.2, -0.15) is 5.26 Å². The Labute approximate surface area is 352 Å². The van der Waals surface area contributed by atoms with Crippen molar-refractivity contribution in [3.05, 3.63) is 112 Å². The summed E-state index contributed by atoms with van der Waals surface area (Å²) < 4.78 is 36.1. The number of aryl methyl sites for hydroxylation is 1. The van der Waals surface area contributed by atoms with Crippen LogP contribution in [0.5, 0.6) is 0 Å². The Bertz CT molecular complexity index is 2200. The number of rotatable bonds is 14. The van der Waals surface area contributed by atoms with Crippen LogP contribution in [0, 0.1) is 35.8 Å². The van der Waals surface area contributed by atoms with Crippen molar-refractivity contribution in [3.8, 4) is 6.07 Å². The van der Waals surface area contributed by atoms with Crippen molar-refractivity contribution in [1.29, 1.82) is 5.26 Å². The number of likely N-dealkylation sites (tertiary alicyclic amines) is 1. The van der Waals surface area contributed by atoms with Gasteiger partial charge in [0.25, 0.3) is 0 Å². The van der Waals surface area contributed by atoms with E-state index in [4.69, 9.17) is 20.1 Å². The van der Waals surface area contributed by atoms with Gasteiger partial charge < -0.3 is 25.0 Å². The van der Waals surface area contributed by atoms with Crippen molar-refractivity contribution in [2.75, 3.05) is 37.4 Å². The fourth-order valence-electron chi connectivity index (χ4n) is 7.53. The van der Waals surface area contributed by atoms with Crippen LogP contribution in [-0.4, -0.2) is 71.5 Å². The van der Waals surface area contributed by atoms with Crippen molar-refractivity contribution in [2.24, 2.45) is 10.9 Å². The molecule has 7 rings (SSSR count). The molecule has 4 aromatic rings. The average molecular weight is 824 g/mol. The van der Waals surface area contributed by atoms with Crippen LogP contribution in [0.3, 0.4) is 0 Å². The predicted molar refractivity (Wildman–Crippen MR) is 235 cm³/mol. The van der Waals surface area contributed by atoms with Crippen LogP contribution in [-0.2, 0) is 39.3 Å². The smallest absolute Gasteiger partial charge is 0.235 e. The number of hydrogen-bond donors (Lipinski definition) is 3. The van der Waals surface area contributed by atoms with Gasteiger partial charge in [-0.3, -0.25) is 19.5 Å².